The predicted octanol–water partition coefficient (Wildman–Crippen LogP) is 2.08. The quantitative estimate of drug-likeness (QED) is 0.185. The highest BCUT2D eigenvalue weighted by molar-refractivity contribution is 7.14. The van der Waals surface area contributed by atoms with Gasteiger partial charge in [0, 0.05) is 46.8 Å². The lowest BCUT2D eigenvalue weighted by atomic mass is 10.0. The van der Waals surface area contributed by atoms with Crippen molar-refractivity contribution in [3.8, 4) is 10.6 Å². The number of aliphatic hydroxyl groups is 1. The zero-order valence-corrected chi connectivity index (χ0v) is 17.8. The fourth-order valence-corrected chi connectivity index (χ4v) is 4.09. The van der Waals surface area contributed by atoms with Crippen LogP contribution in [0.3, 0.4) is 0 Å². The molecule has 0 spiro atoms. The van der Waals surface area contributed by atoms with Gasteiger partial charge in [0.1, 0.15) is 23.7 Å². The summed E-state index contributed by atoms with van der Waals surface area (Å²) in [7, 11) is 1.72. The van der Waals surface area contributed by atoms with E-state index < -0.39 is 35.0 Å². The number of hydrogen-bond acceptors (Lipinski definition) is 6. The van der Waals surface area contributed by atoms with Gasteiger partial charge in [-0.05, 0) is 23.5 Å². The van der Waals surface area contributed by atoms with Crippen LogP contribution in [0.1, 0.15) is 32.9 Å². The van der Waals surface area contributed by atoms with E-state index in [-0.39, 0.29) is 23.4 Å². The number of nitrogens with one attached hydrogen (secondary N) is 3. The maximum Gasteiger partial charge on any atom is 0.279 e. The van der Waals surface area contributed by atoms with E-state index in [9.17, 15) is 27.9 Å². The van der Waals surface area contributed by atoms with Crippen molar-refractivity contribution in [2.24, 2.45) is 7.05 Å². The average Bonchev–Trinajstić information content (AvgIpc) is 3.38. The predicted molar refractivity (Wildman–Crippen MR) is 112 cm³/mol. The molecule has 8 nitrogen and oxygen atoms in total. The first kappa shape index (κ1) is 22.6. The number of aromatic amines is 2. The molecule has 0 radical (unpaired) electrons. The molecule has 4 N–H and O–H groups in total. The van der Waals surface area contributed by atoms with E-state index in [0.717, 1.165) is 5.01 Å². The Morgan fingerprint density at radius 1 is 1.21 bits per heavy atom. The van der Waals surface area contributed by atoms with Crippen LogP contribution in [0.25, 0.3) is 10.6 Å². The highest BCUT2D eigenvalue weighted by atomic mass is 32.1. The van der Waals surface area contributed by atoms with Crippen LogP contribution in [0.4, 0.5) is 13.2 Å². The van der Waals surface area contributed by atoms with Gasteiger partial charge in [0.05, 0.1) is 17.8 Å². The number of benzene rings is 1. The maximum absolute atomic E-state index is 13.9. The van der Waals surface area contributed by atoms with E-state index in [2.05, 4.69) is 20.4 Å². The van der Waals surface area contributed by atoms with Crippen molar-refractivity contribution in [3.63, 3.8) is 0 Å². The smallest absolute Gasteiger partial charge is 0.279 e. The summed E-state index contributed by atoms with van der Waals surface area (Å²) in [5.74, 6) is -4.74. The van der Waals surface area contributed by atoms with E-state index in [1.54, 1.807) is 17.8 Å². The van der Waals surface area contributed by atoms with Crippen LogP contribution in [-0.4, -0.2) is 26.0 Å². The molecule has 33 heavy (non-hydrogen) atoms. The fourth-order valence-electron chi connectivity index (χ4n) is 3.13. The third-order valence-electron chi connectivity index (χ3n) is 4.78. The van der Waals surface area contributed by atoms with Crippen LogP contribution < -0.4 is 15.6 Å². The Hall–Kier alpha value is -3.61. The minimum atomic E-state index is -1.31. The molecule has 0 saturated carbocycles. The molecule has 0 bridgehead atoms. The topological polar surface area (TPSA) is 115 Å². The van der Waals surface area contributed by atoms with Gasteiger partial charge in [-0.2, -0.15) is 0 Å². The number of nitrogens with zero attached hydrogens (tertiary/aromatic N) is 2. The Morgan fingerprint density at radius 3 is 2.64 bits per heavy atom. The van der Waals surface area contributed by atoms with Gasteiger partial charge in [-0.25, -0.2) is 13.2 Å². The van der Waals surface area contributed by atoms with E-state index in [1.807, 2.05) is 0 Å². The van der Waals surface area contributed by atoms with Gasteiger partial charge in [0.25, 0.3) is 5.01 Å². The normalized spacial score (nSPS) is 12.2. The lowest BCUT2D eigenvalue weighted by Crippen LogP contribution is -2.37. The number of pyridine rings is 1. The lowest BCUT2D eigenvalue weighted by Gasteiger charge is -2.08. The number of H-pyrrole nitrogens is 2. The van der Waals surface area contributed by atoms with Crippen LogP contribution in [0.2, 0.25) is 0 Å². The molecule has 0 aliphatic heterocycles. The largest absolute Gasteiger partial charge is 0.373 e. The fraction of sp³-hybridized carbons (Fsp3) is 0.143. The summed E-state index contributed by atoms with van der Waals surface area (Å²) in [5, 5.41) is 19.0. The first-order valence-electron chi connectivity index (χ1n) is 9.57. The molecule has 4 rings (SSSR count). The molecular weight excluding hydrogens is 459 g/mol. The van der Waals surface area contributed by atoms with E-state index in [1.165, 1.54) is 35.9 Å². The Kier molecular flexibility index (Phi) is 6.22. The summed E-state index contributed by atoms with van der Waals surface area (Å²) in [6, 6.07) is 5.24. The third kappa shape index (κ3) is 4.77. The molecule has 3 aromatic heterocycles. The molecular formula is C21H17F3N5O3S+. The summed E-state index contributed by atoms with van der Waals surface area (Å²) in [6.45, 7) is 0.196. The lowest BCUT2D eigenvalue weighted by molar-refractivity contribution is -0.731. The third-order valence-corrected chi connectivity index (χ3v) is 5.94. The number of aliphatic hydroxyl groups excluding tert-OH is 1. The monoisotopic (exact) mass is 476 g/mol. The number of aryl methyl sites for hydroxylation is 1. The number of rotatable bonds is 7. The first-order chi connectivity index (χ1) is 15.7. The summed E-state index contributed by atoms with van der Waals surface area (Å²) < 4.78 is 42.5. The van der Waals surface area contributed by atoms with Gasteiger partial charge in [-0.1, -0.05) is 4.68 Å². The number of halogens is 3. The highest BCUT2D eigenvalue weighted by Crippen LogP contribution is 2.23. The molecule has 1 aromatic carbocycles. The summed E-state index contributed by atoms with van der Waals surface area (Å²) in [4.78, 5) is 29.2. The SMILES string of the molecule is C[n+]1nc(-c2cc[nH]c(=O)c2)sc1CNC(O)c1cc(C(=O)c2c(F)cc(F)cc2F)c[nH]1. The second-order valence-corrected chi connectivity index (χ2v) is 8.13. The Labute approximate surface area is 188 Å². The maximum atomic E-state index is 13.9. The molecule has 0 saturated heterocycles. The van der Waals surface area contributed by atoms with Crippen molar-refractivity contribution in [1.29, 1.82) is 0 Å². The van der Waals surface area contributed by atoms with Crippen LogP contribution >= 0.6 is 11.3 Å². The number of aromatic nitrogens is 4. The molecule has 0 aliphatic rings. The van der Waals surface area contributed by atoms with Crippen molar-refractivity contribution in [1.82, 2.24) is 20.4 Å². The summed E-state index contributed by atoms with van der Waals surface area (Å²) in [6.07, 6.45) is 1.48. The second kappa shape index (κ2) is 9.10. The minimum Gasteiger partial charge on any atom is -0.373 e. The molecule has 4 aromatic rings. The standard InChI is InChI=1S/C21H16F3N5O3S/c1-29-17(33-21(28-29)10-2-3-25-16(30)5-10)9-27-20(32)15-4-11(8-26-15)19(31)18-13(23)6-12(22)7-14(18)24/h2-8,20,27,32H,9H2,1H3,(H-,25,26,30,31)/p+1. The van der Waals surface area contributed by atoms with Crippen molar-refractivity contribution in [2.75, 3.05) is 0 Å². The number of hydrogen-bond donors (Lipinski definition) is 4. The van der Waals surface area contributed by atoms with Crippen molar-refractivity contribution in [2.45, 2.75) is 12.8 Å². The van der Waals surface area contributed by atoms with Crippen LogP contribution in [0, 0.1) is 17.5 Å². The van der Waals surface area contributed by atoms with Gasteiger partial charge in [-0.15, -0.1) is 0 Å². The van der Waals surface area contributed by atoms with E-state index in [0.29, 0.717) is 22.7 Å². The van der Waals surface area contributed by atoms with Crippen LogP contribution in [-0.2, 0) is 13.6 Å². The van der Waals surface area contributed by atoms with Gasteiger partial charge in [-0.3, -0.25) is 14.9 Å². The molecule has 170 valence electrons. The zero-order valence-electron chi connectivity index (χ0n) is 17.0. The Bertz CT molecular complexity index is 1370. The van der Waals surface area contributed by atoms with Gasteiger partial charge in [0.15, 0.2) is 17.8 Å². The zero-order chi connectivity index (χ0) is 23.7. The highest BCUT2D eigenvalue weighted by Gasteiger charge is 2.23. The van der Waals surface area contributed by atoms with Crippen LogP contribution in [0.15, 0.2) is 47.5 Å². The summed E-state index contributed by atoms with van der Waals surface area (Å²) in [5.41, 5.74) is -0.399. The van der Waals surface area contributed by atoms with E-state index >= 15 is 0 Å². The van der Waals surface area contributed by atoms with Crippen molar-refractivity contribution < 1.29 is 27.8 Å². The van der Waals surface area contributed by atoms with Gasteiger partial charge < -0.3 is 15.1 Å². The number of ketones is 1. The van der Waals surface area contributed by atoms with Crippen molar-refractivity contribution >= 4 is 17.1 Å². The van der Waals surface area contributed by atoms with Gasteiger partial charge >= 0.3 is 0 Å². The number of carbonyl (C=O) groups excluding carboxylic acids is 1. The average molecular weight is 476 g/mol. The Balaban J connectivity index is 1.46. The molecule has 0 fully saturated rings. The molecule has 1 atom stereocenters. The second-order valence-electron chi connectivity index (χ2n) is 7.07. The van der Waals surface area contributed by atoms with E-state index in [4.69, 9.17) is 0 Å². The van der Waals surface area contributed by atoms with Gasteiger partial charge in [0.2, 0.25) is 5.56 Å². The molecule has 0 amide bonds. The Morgan fingerprint density at radius 2 is 1.94 bits per heavy atom. The molecule has 1 unspecified atom stereocenters. The molecule has 12 heteroatoms. The van der Waals surface area contributed by atoms with Crippen LogP contribution in [0.5, 0.6) is 0 Å². The number of carbonyl (C=O) groups is 1. The first-order valence-corrected chi connectivity index (χ1v) is 10.4. The minimum absolute atomic E-state index is 0.102. The van der Waals surface area contributed by atoms with Crippen molar-refractivity contribution in [3.05, 3.63) is 92.4 Å². The summed E-state index contributed by atoms with van der Waals surface area (Å²) >= 11 is 1.32. The molecule has 3 heterocycles. The molecule has 0 aliphatic carbocycles.